The van der Waals surface area contributed by atoms with Gasteiger partial charge >= 0.3 is 0 Å². The van der Waals surface area contributed by atoms with Gasteiger partial charge < -0.3 is 10.5 Å². The lowest BCUT2D eigenvalue weighted by atomic mass is 10.5. The standard InChI is InChI=1S/C6H6ClF2N3O/c7-6-11-1-3(10)5(12-6)13-2-4(8)9/h1,4H,2,10H2. The van der Waals surface area contributed by atoms with Gasteiger partial charge in [-0.1, -0.05) is 0 Å². The highest BCUT2D eigenvalue weighted by Gasteiger charge is 2.08. The van der Waals surface area contributed by atoms with E-state index in [9.17, 15) is 8.78 Å². The van der Waals surface area contributed by atoms with Gasteiger partial charge in [-0.2, -0.15) is 4.98 Å². The monoisotopic (exact) mass is 209 g/mol. The maximum absolute atomic E-state index is 11.7. The Hall–Kier alpha value is -1.17. The number of alkyl halides is 2. The largest absolute Gasteiger partial charge is 0.470 e. The molecule has 0 unspecified atom stereocenters. The molecule has 1 rings (SSSR count). The average molecular weight is 210 g/mol. The van der Waals surface area contributed by atoms with Crippen molar-refractivity contribution in [1.82, 2.24) is 9.97 Å². The zero-order chi connectivity index (χ0) is 9.84. The van der Waals surface area contributed by atoms with Crippen LogP contribution < -0.4 is 10.5 Å². The van der Waals surface area contributed by atoms with Gasteiger partial charge in [0.15, 0.2) is 6.61 Å². The summed E-state index contributed by atoms with van der Waals surface area (Å²) in [7, 11) is 0. The van der Waals surface area contributed by atoms with Crippen molar-refractivity contribution in [1.29, 1.82) is 0 Å². The number of nitrogens with zero attached hydrogens (tertiary/aromatic N) is 2. The molecule has 0 aromatic carbocycles. The molecule has 72 valence electrons. The van der Waals surface area contributed by atoms with Crippen molar-refractivity contribution in [2.75, 3.05) is 12.3 Å². The summed E-state index contributed by atoms with van der Waals surface area (Å²) in [6.45, 7) is -0.766. The van der Waals surface area contributed by atoms with Crippen molar-refractivity contribution < 1.29 is 13.5 Å². The van der Waals surface area contributed by atoms with Crippen LogP contribution in [0.5, 0.6) is 5.88 Å². The second-order valence-corrected chi connectivity index (χ2v) is 2.44. The maximum Gasteiger partial charge on any atom is 0.272 e. The number of aromatic nitrogens is 2. The van der Waals surface area contributed by atoms with Gasteiger partial charge in [-0.15, -0.1) is 0 Å². The summed E-state index contributed by atoms with van der Waals surface area (Å²) in [5, 5.41) is -0.0986. The second-order valence-electron chi connectivity index (χ2n) is 2.10. The Bertz CT molecular complexity index is 297. The van der Waals surface area contributed by atoms with E-state index in [0.29, 0.717) is 0 Å². The van der Waals surface area contributed by atoms with Crippen LogP contribution >= 0.6 is 11.6 Å². The average Bonchev–Trinajstić information content (AvgIpc) is 2.06. The summed E-state index contributed by atoms with van der Waals surface area (Å²) in [5.74, 6) is -0.125. The highest BCUT2D eigenvalue weighted by atomic mass is 35.5. The molecular formula is C6H6ClF2N3O. The van der Waals surface area contributed by atoms with Crippen LogP contribution in [0.25, 0.3) is 0 Å². The first-order valence-corrected chi connectivity index (χ1v) is 3.66. The van der Waals surface area contributed by atoms with Crippen LogP contribution in [0.3, 0.4) is 0 Å². The smallest absolute Gasteiger partial charge is 0.272 e. The lowest BCUT2D eigenvalue weighted by molar-refractivity contribution is 0.0799. The Labute approximate surface area is 77.7 Å². The molecule has 1 heterocycles. The van der Waals surface area contributed by atoms with Gasteiger partial charge in [-0.05, 0) is 11.6 Å². The molecule has 0 aliphatic heterocycles. The summed E-state index contributed by atoms with van der Waals surface area (Å²) in [4.78, 5) is 7.05. The van der Waals surface area contributed by atoms with Crippen LogP contribution in [0.1, 0.15) is 0 Å². The molecule has 2 N–H and O–H groups in total. The van der Waals surface area contributed by atoms with Crippen molar-refractivity contribution in [3.63, 3.8) is 0 Å². The van der Waals surface area contributed by atoms with Crippen LogP contribution in [-0.2, 0) is 0 Å². The Morgan fingerprint density at radius 2 is 2.31 bits per heavy atom. The summed E-state index contributed by atoms with van der Waals surface area (Å²) in [5.41, 5.74) is 5.40. The quantitative estimate of drug-likeness (QED) is 0.764. The second kappa shape index (κ2) is 4.18. The third-order valence-electron chi connectivity index (χ3n) is 1.10. The maximum atomic E-state index is 11.7. The molecule has 13 heavy (non-hydrogen) atoms. The van der Waals surface area contributed by atoms with Gasteiger partial charge in [0, 0.05) is 0 Å². The molecule has 0 aliphatic carbocycles. The minimum absolute atomic E-state index is 0.0741. The van der Waals surface area contributed by atoms with Crippen LogP contribution in [0.4, 0.5) is 14.5 Å². The van der Waals surface area contributed by atoms with Gasteiger partial charge in [0.1, 0.15) is 5.69 Å². The van der Waals surface area contributed by atoms with Crippen molar-refractivity contribution in [3.05, 3.63) is 11.5 Å². The highest BCUT2D eigenvalue weighted by molar-refractivity contribution is 6.28. The molecule has 1 aromatic heterocycles. The molecule has 0 fully saturated rings. The number of nitrogen functional groups attached to an aromatic ring is 1. The summed E-state index contributed by atoms with van der Waals surface area (Å²) in [6, 6.07) is 0. The Balaban J connectivity index is 2.70. The molecule has 0 radical (unpaired) electrons. The lowest BCUT2D eigenvalue weighted by Gasteiger charge is -2.05. The number of halogens is 3. The van der Waals surface area contributed by atoms with Gasteiger partial charge in [0.25, 0.3) is 6.43 Å². The third kappa shape index (κ3) is 2.98. The van der Waals surface area contributed by atoms with Crippen LogP contribution in [0, 0.1) is 0 Å². The number of hydrogen-bond donors (Lipinski definition) is 1. The van der Waals surface area contributed by atoms with Gasteiger partial charge in [-0.3, -0.25) is 0 Å². The molecule has 0 saturated carbocycles. The molecular weight excluding hydrogens is 204 g/mol. The fourth-order valence-electron chi connectivity index (χ4n) is 0.613. The van der Waals surface area contributed by atoms with Gasteiger partial charge in [0.05, 0.1) is 6.20 Å². The van der Waals surface area contributed by atoms with E-state index < -0.39 is 13.0 Å². The van der Waals surface area contributed by atoms with Crippen LogP contribution in [0.15, 0.2) is 6.20 Å². The molecule has 0 saturated heterocycles. The normalized spacial score (nSPS) is 10.5. The van der Waals surface area contributed by atoms with E-state index in [0.717, 1.165) is 0 Å². The van der Waals surface area contributed by atoms with E-state index in [2.05, 4.69) is 14.7 Å². The predicted molar refractivity (Wildman–Crippen MR) is 43.0 cm³/mol. The predicted octanol–water partition coefficient (Wildman–Crippen LogP) is 1.36. The molecule has 7 heteroatoms. The van der Waals surface area contributed by atoms with Crippen molar-refractivity contribution in [2.24, 2.45) is 0 Å². The molecule has 0 aliphatic rings. The fraction of sp³-hybridized carbons (Fsp3) is 0.333. The zero-order valence-electron chi connectivity index (χ0n) is 6.38. The minimum Gasteiger partial charge on any atom is -0.470 e. The van der Waals surface area contributed by atoms with E-state index in [1.54, 1.807) is 0 Å². The topological polar surface area (TPSA) is 61.0 Å². The molecule has 0 atom stereocenters. The Morgan fingerprint density at radius 1 is 1.62 bits per heavy atom. The number of hydrogen-bond acceptors (Lipinski definition) is 4. The SMILES string of the molecule is Nc1cnc(Cl)nc1OCC(F)F. The fourth-order valence-corrected chi connectivity index (χ4v) is 0.738. The Morgan fingerprint density at radius 3 is 2.92 bits per heavy atom. The number of anilines is 1. The summed E-state index contributed by atoms with van der Waals surface area (Å²) < 4.78 is 28.0. The summed E-state index contributed by atoms with van der Waals surface area (Å²) in [6.07, 6.45) is -1.39. The number of ether oxygens (including phenoxy) is 1. The van der Waals surface area contributed by atoms with E-state index in [4.69, 9.17) is 17.3 Å². The van der Waals surface area contributed by atoms with Crippen LogP contribution in [0.2, 0.25) is 5.28 Å². The molecule has 0 spiro atoms. The first-order valence-electron chi connectivity index (χ1n) is 3.28. The summed E-state index contributed by atoms with van der Waals surface area (Å²) >= 11 is 5.39. The number of nitrogens with two attached hydrogens (primary N) is 1. The van der Waals surface area contributed by atoms with Crippen molar-refractivity contribution in [3.8, 4) is 5.88 Å². The van der Waals surface area contributed by atoms with Crippen molar-refractivity contribution >= 4 is 17.3 Å². The van der Waals surface area contributed by atoms with E-state index in [1.807, 2.05) is 0 Å². The van der Waals surface area contributed by atoms with E-state index >= 15 is 0 Å². The van der Waals surface area contributed by atoms with Gasteiger partial charge in [-0.25, -0.2) is 13.8 Å². The first-order chi connectivity index (χ1) is 6.09. The first kappa shape index (κ1) is 9.91. The minimum atomic E-state index is -2.58. The van der Waals surface area contributed by atoms with E-state index in [1.165, 1.54) is 6.20 Å². The highest BCUT2D eigenvalue weighted by Crippen LogP contribution is 2.18. The lowest BCUT2D eigenvalue weighted by Crippen LogP contribution is -2.09. The third-order valence-corrected chi connectivity index (χ3v) is 1.28. The molecule has 1 aromatic rings. The van der Waals surface area contributed by atoms with Gasteiger partial charge in [0.2, 0.25) is 11.2 Å². The zero-order valence-corrected chi connectivity index (χ0v) is 7.13. The molecule has 4 nitrogen and oxygen atoms in total. The van der Waals surface area contributed by atoms with Crippen molar-refractivity contribution in [2.45, 2.75) is 6.43 Å². The molecule has 0 amide bonds. The van der Waals surface area contributed by atoms with Crippen LogP contribution in [-0.4, -0.2) is 23.0 Å². The Kier molecular flexibility index (Phi) is 3.18. The molecule has 0 bridgehead atoms. The number of rotatable bonds is 3. The van der Waals surface area contributed by atoms with E-state index in [-0.39, 0.29) is 16.9 Å².